The second-order valence-corrected chi connectivity index (χ2v) is 11.2. The molecule has 40 heavy (non-hydrogen) atoms. The average Bonchev–Trinajstić information content (AvgIpc) is 3.42. The van der Waals surface area contributed by atoms with E-state index in [1.807, 2.05) is 13.0 Å². The number of aliphatic hydroxyl groups is 4. The molecule has 0 bridgehead atoms. The van der Waals surface area contributed by atoms with Crippen molar-refractivity contribution in [3.05, 3.63) is 65.4 Å². The van der Waals surface area contributed by atoms with Crippen LogP contribution in [0.3, 0.4) is 0 Å². The number of thioether (sulfide) groups is 1. The second kappa shape index (κ2) is 11.7. The van der Waals surface area contributed by atoms with Gasteiger partial charge in [-0.2, -0.15) is 0 Å². The third-order valence-electron chi connectivity index (χ3n) is 7.36. The van der Waals surface area contributed by atoms with E-state index in [-0.39, 0.29) is 11.3 Å². The molecule has 2 aliphatic heterocycles. The number of benzene rings is 1. The minimum Gasteiger partial charge on any atom is -0.394 e. The van der Waals surface area contributed by atoms with Crippen LogP contribution in [0.4, 0.5) is 13.2 Å². The largest absolute Gasteiger partial charge is 0.394 e. The highest BCUT2D eigenvalue weighted by Gasteiger charge is 2.50. The van der Waals surface area contributed by atoms with Gasteiger partial charge in [-0.15, -0.1) is 16.9 Å². The Morgan fingerprint density at radius 2 is 1.85 bits per heavy atom. The van der Waals surface area contributed by atoms with Crippen LogP contribution in [0.25, 0.3) is 11.3 Å². The Kier molecular flexibility index (Phi) is 8.47. The standard InChI is InChI=1S/C26H29F3N4O6S/c1-13-3-2-6-30-20(13)24(26(37)4-7-38-8-5-26)40-25-23(36)21(22(35)18(12-34)39-25)33-11-17(31-32-33)14-9-15(27)19(29)16(28)10-14/h2-3,6,9-11,18,21-25,34-37H,4-5,7-8,12H2,1H3/t18-,21+,22+,23-,24+,25+/m1/s1. The summed E-state index contributed by atoms with van der Waals surface area (Å²) < 4.78 is 53.5. The molecule has 4 N–H and O–H groups in total. The minimum atomic E-state index is -1.62. The summed E-state index contributed by atoms with van der Waals surface area (Å²) in [5, 5.41) is 51.2. The lowest BCUT2D eigenvalue weighted by Crippen LogP contribution is -2.55. The second-order valence-electron chi connectivity index (χ2n) is 9.97. The Hall–Kier alpha value is -2.59. The number of ether oxygens (including phenoxy) is 2. The first-order valence-corrected chi connectivity index (χ1v) is 13.6. The summed E-state index contributed by atoms with van der Waals surface area (Å²) in [5.74, 6) is -4.44. The predicted molar refractivity (Wildman–Crippen MR) is 136 cm³/mol. The Balaban J connectivity index is 1.47. The number of aryl methyl sites for hydroxylation is 1. The number of hydrogen-bond acceptors (Lipinski definition) is 10. The maximum Gasteiger partial charge on any atom is 0.194 e. The van der Waals surface area contributed by atoms with E-state index in [9.17, 15) is 33.6 Å². The number of aliphatic hydroxyl groups excluding tert-OH is 3. The highest BCUT2D eigenvalue weighted by atomic mass is 32.2. The molecule has 0 aliphatic carbocycles. The lowest BCUT2D eigenvalue weighted by Gasteiger charge is -2.45. The quantitative estimate of drug-likeness (QED) is 0.306. The molecule has 5 rings (SSSR count). The molecule has 2 saturated heterocycles. The van der Waals surface area contributed by atoms with E-state index < -0.39 is 64.7 Å². The summed E-state index contributed by atoms with van der Waals surface area (Å²) in [5.41, 5.74) is -1.04. The van der Waals surface area contributed by atoms with Crippen LogP contribution in [0.15, 0.2) is 36.7 Å². The zero-order valence-electron chi connectivity index (χ0n) is 21.4. The molecule has 10 nitrogen and oxygen atoms in total. The predicted octanol–water partition coefficient (Wildman–Crippen LogP) is 2.06. The molecule has 0 unspecified atom stereocenters. The molecule has 0 saturated carbocycles. The van der Waals surface area contributed by atoms with Crippen molar-refractivity contribution >= 4 is 11.8 Å². The van der Waals surface area contributed by atoms with Gasteiger partial charge in [-0.1, -0.05) is 11.3 Å². The first-order valence-electron chi connectivity index (χ1n) is 12.7. The van der Waals surface area contributed by atoms with Crippen LogP contribution >= 0.6 is 11.8 Å². The van der Waals surface area contributed by atoms with Crippen molar-refractivity contribution in [3.63, 3.8) is 0 Å². The van der Waals surface area contributed by atoms with Crippen molar-refractivity contribution < 1.29 is 43.1 Å². The smallest absolute Gasteiger partial charge is 0.194 e. The Morgan fingerprint density at radius 1 is 1.15 bits per heavy atom. The first kappa shape index (κ1) is 28.9. The molecule has 216 valence electrons. The summed E-state index contributed by atoms with van der Waals surface area (Å²) in [6.45, 7) is 1.93. The van der Waals surface area contributed by atoms with Crippen molar-refractivity contribution in [3.8, 4) is 11.3 Å². The number of hydrogen-bond donors (Lipinski definition) is 4. The molecule has 1 aromatic carbocycles. The van der Waals surface area contributed by atoms with Gasteiger partial charge in [0.25, 0.3) is 0 Å². The molecule has 0 amide bonds. The van der Waals surface area contributed by atoms with Crippen LogP contribution in [0.2, 0.25) is 0 Å². The lowest BCUT2D eigenvalue weighted by molar-refractivity contribution is -0.179. The maximum atomic E-state index is 13.8. The number of aromatic nitrogens is 4. The molecule has 2 fully saturated rings. The van der Waals surface area contributed by atoms with Gasteiger partial charge in [0, 0.05) is 37.8 Å². The normalized spacial score (nSPS) is 27.4. The van der Waals surface area contributed by atoms with E-state index >= 15 is 0 Å². The van der Waals surface area contributed by atoms with E-state index in [1.54, 1.807) is 12.3 Å². The lowest BCUT2D eigenvalue weighted by atomic mass is 9.87. The van der Waals surface area contributed by atoms with Gasteiger partial charge in [-0.25, -0.2) is 17.9 Å². The van der Waals surface area contributed by atoms with Gasteiger partial charge < -0.3 is 29.9 Å². The molecule has 0 spiro atoms. The van der Waals surface area contributed by atoms with Crippen LogP contribution in [0.5, 0.6) is 0 Å². The topological polar surface area (TPSA) is 143 Å². The van der Waals surface area contributed by atoms with Crippen LogP contribution in [0, 0.1) is 24.4 Å². The summed E-state index contributed by atoms with van der Waals surface area (Å²) in [6, 6.07) is 3.95. The summed E-state index contributed by atoms with van der Waals surface area (Å²) >= 11 is 1.11. The minimum absolute atomic E-state index is 0.0352. The first-order chi connectivity index (χ1) is 19.1. The van der Waals surface area contributed by atoms with Crippen molar-refractivity contribution in [1.29, 1.82) is 0 Å². The van der Waals surface area contributed by atoms with E-state index in [2.05, 4.69) is 15.3 Å². The van der Waals surface area contributed by atoms with Gasteiger partial charge >= 0.3 is 0 Å². The Bertz CT molecular complexity index is 1320. The molecular formula is C26H29F3N4O6S. The van der Waals surface area contributed by atoms with Gasteiger partial charge in [0.05, 0.1) is 29.3 Å². The van der Waals surface area contributed by atoms with Crippen molar-refractivity contribution in [1.82, 2.24) is 20.0 Å². The van der Waals surface area contributed by atoms with Crippen molar-refractivity contribution in [2.75, 3.05) is 19.8 Å². The molecule has 6 atom stereocenters. The fourth-order valence-corrected chi connectivity index (χ4v) is 6.75. The van der Waals surface area contributed by atoms with Gasteiger partial charge in [0.2, 0.25) is 0 Å². The third-order valence-corrected chi connectivity index (χ3v) is 8.95. The molecule has 4 heterocycles. The summed E-state index contributed by atoms with van der Waals surface area (Å²) in [4.78, 5) is 4.51. The zero-order chi connectivity index (χ0) is 28.6. The number of rotatable bonds is 7. The van der Waals surface area contributed by atoms with Gasteiger partial charge in [0.1, 0.15) is 35.5 Å². The highest BCUT2D eigenvalue weighted by molar-refractivity contribution is 8.00. The van der Waals surface area contributed by atoms with Gasteiger partial charge in [-0.3, -0.25) is 4.98 Å². The monoisotopic (exact) mass is 582 g/mol. The number of halogens is 3. The average molecular weight is 583 g/mol. The highest BCUT2D eigenvalue weighted by Crippen LogP contribution is 2.49. The van der Waals surface area contributed by atoms with Crippen LogP contribution in [0.1, 0.15) is 35.4 Å². The SMILES string of the molecule is Cc1cccnc1[C@H](S[C@@H]1O[C@H](CO)[C@H](O)[C@H](n2cc(-c3cc(F)c(F)c(F)c3)nn2)[C@H]1O)C1(O)CCOCC1. The summed E-state index contributed by atoms with van der Waals surface area (Å²) in [6.07, 6.45) is -0.543. The fraction of sp³-hybridized carbons (Fsp3) is 0.500. The summed E-state index contributed by atoms with van der Waals surface area (Å²) in [7, 11) is 0. The van der Waals surface area contributed by atoms with Crippen LogP contribution in [-0.2, 0) is 9.47 Å². The molecule has 0 radical (unpaired) electrons. The Morgan fingerprint density at radius 3 is 2.50 bits per heavy atom. The molecular weight excluding hydrogens is 553 g/mol. The zero-order valence-corrected chi connectivity index (χ0v) is 22.2. The third kappa shape index (κ3) is 5.49. The number of pyridine rings is 1. The molecule has 2 aliphatic rings. The Labute approximate surface area is 231 Å². The van der Waals surface area contributed by atoms with E-state index in [1.165, 1.54) is 6.20 Å². The molecule has 3 aromatic rings. The van der Waals surface area contributed by atoms with Gasteiger partial charge in [0.15, 0.2) is 17.5 Å². The van der Waals surface area contributed by atoms with E-state index in [0.717, 1.165) is 34.1 Å². The van der Waals surface area contributed by atoms with Crippen LogP contribution < -0.4 is 0 Å². The van der Waals surface area contributed by atoms with E-state index in [0.29, 0.717) is 31.7 Å². The maximum absolute atomic E-state index is 13.8. The molecule has 14 heteroatoms. The van der Waals surface area contributed by atoms with E-state index in [4.69, 9.17) is 9.47 Å². The molecule has 2 aromatic heterocycles. The van der Waals surface area contributed by atoms with Gasteiger partial charge in [-0.05, 0) is 30.7 Å². The van der Waals surface area contributed by atoms with Crippen molar-refractivity contribution in [2.24, 2.45) is 0 Å². The van der Waals surface area contributed by atoms with Crippen molar-refractivity contribution in [2.45, 2.75) is 60.4 Å². The number of nitrogens with zero attached hydrogens (tertiary/aromatic N) is 4. The van der Waals surface area contributed by atoms with Crippen LogP contribution in [-0.4, -0.2) is 89.6 Å². The fourth-order valence-electron chi connectivity index (χ4n) is 5.09.